The van der Waals surface area contributed by atoms with Gasteiger partial charge in [-0.2, -0.15) is 0 Å². The second-order valence-electron chi connectivity index (χ2n) is 4.09. The fourth-order valence-electron chi connectivity index (χ4n) is 1.76. The summed E-state index contributed by atoms with van der Waals surface area (Å²) in [7, 11) is 4.41. The number of ether oxygens (including phenoxy) is 4. The summed E-state index contributed by atoms with van der Waals surface area (Å²) in [5.41, 5.74) is 5.38. The Morgan fingerprint density at radius 2 is 1.59 bits per heavy atom. The Balaban J connectivity index is 3.41. The lowest BCUT2D eigenvalue weighted by molar-refractivity contribution is -0.139. The number of hydrogen-bond acceptors (Lipinski definition) is 6. The Kier molecular flexibility index (Phi) is 6.25. The van der Waals surface area contributed by atoms with Crippen molar-refractivity contribution >= 4 is 18.0 Å². The molecule has 0 aliphatic carbocycles. The smallest absolute Gasteiger partial charge is 0.343 e. The molecule has 1 rings (SSSR count). The summed E-state index contributed by atoms with van der Waals surface area (Å²) in [5.74, 6) is -0.432. The molecule has 7 nitrogen and oxygen atoms in total. The van der Waals surface area contributed by atoms with Crippen LogP contribution in [0.3, 0.4) is 0 Å². The summed E-state index contributed by atoms with van der Waals surface area (Å²) in [6.07, 6.45) is 1.29. The molecule has 0 aromatic heterocycles. The molecule has 0 radical (unpaired) electrons. The SMILES string of the molecule is CCOC(=O)C(=Cc1cc(OC)c(OC)cc1OC)C(N)=O. The van der Waals surface area contributed by atoms with E-state index in [9.17, 15) is 9.59 Å². The summed E-state index contributed by atoms with van der Waals surface area (Å²) in [6, 6.07) is 3.15. The number of nitrogens with two attached hydrogens (primary N) is 1. The number of rotatable bonds is 7. The van der Waals surface area contributed by atoms with Crippen molar-refractivity contribution in [1.29, 1.82) is 0 Å². The molecule has 0 unspecified atom stereocenters. The van der Waals surface area contributed by atoms with Crippen molar-refractivity contribution < 1.29 is 28.5 Å². The topological polar surface area (TPSA) is 97.1 Å². The van der Waals surface area contributed by atoms with Crippen LogP contribution in [0.15, 0.2) is 17.7 Å². The zero-order chi connectivity index (χ0) is 16.7. The Morgan fingerprint density at radius 1 is 1.05 bits per heavy atom. The zero-order valence-electron chi connectivity index (χ0n) is 13.0. The maximum atomic E-state index is 11.8. The van der Waals surface area contributed by atoms with Crippen molar-refractivity contribution in [2.24, 2.45) is 5.73 Å². The van der Waals surface area contributed by atoms with Crippen LogP contribution in [-0.4, -0.2) is 39.8 Å². The average molecular weight is 309 g/mol. The van der Waals surface area contributed by atoms with E-state index in [4.69, 9.17) is 24.7 Å². The molecule has 0 fully saturated rings. The van der Waals surface area contributed by atoms with Crippen LogP contribution < -0.4 is 19.9 Å². The van der Waals surface area contributed by atoms with E-state index in [-0.39, 0.29) is 12.2 Å². The second kappa shape index (κ2) is 7.92. The fraction of sp³-hybridized carbons (Fsp3) is 0.333. The molecule has 0 spiro atoms. The lowest BCUT2D eigenvalue weighted by Crippen LogP contribution is -2.22. The van der Waals surface area contributed by atoms with Crippen molar-refractivity contribution in [3.05, 3.63) is 23.3 Å². The number of amides is 1. The van der Waals surface area contributed by atoms with Crippen molar-refractivity contribution in [3.8, 4) is 17.2 Å². The van der Waals surface area contributed by atoms with Crippen LogP contribution >= 0.6 is 0 Å². The molecule has 0 atom stereocenters. The van der Waals surface area contributed by atoms with Gasteiger partial charge in [0.2, 0.25) is 0 Å². The maximum absolute atomic E-state index is 11.8. The monoisotopic (exact) mass is 309 g/mol. The van der Waals surface area contributed by atoms with Crippen LogP contribution in [0, 0.1) is 0 Å². The molecule has 0 bridgehead atoms. The van der Waals surface area contributed by atoms with E-state index in [1.54, 1.807) is 19.1 Å². The summed E-state index contributed by atoms with van der Waals surface area (Å²) < 4.78 is 20.4. The molecule has 0 saturated carbocycles. The van der Waals surface area contributed by atoms with E-state index in [2.05, 4.69) is 0 Å². The predicted octanol–water partition coefficient (Wildman–Crippen LogP) is 1.14. The van der Waals surface area contributed by atoms with Gasteiger partial charge in [-0.25, -0.2) is 4.79 Å². The highest BCUT2D eigenvalue weighted by molar-refractivity contribution is 6.19. The third kappa shape index (κ3) is 3.91. The van der Waals surface area contributed by atoms with Crippen molar-refractivity contribution in [1.82, 2.24) is 0 Å². The van der Waals surface area contributed by atoms with Gasteiger partial charge >= 0.3 is 5.97 Å². The van der Waals surface area contributed by atoms with Gasteiger partial charge in [0, 0.05) is 11.6 Å². The summed E-state index contributed by atoms with van der Waals surface area (Å²) >= 11 is 0. The molecular formula is C15H19NO6. The van der Waals surface area contributed by atoms with E-state index < -0.39 is 11.9 Å². The highest BCUT2D eigenvalue weighted by atomic mass is 16.5. The molecule has 0 saturated heterocycles. The molecule has 0 aliphatic rings. The Bertz CT molecular complexity index is 594. The van der Waals surface area contributed by atoms with E-state index in [0.717, 1.165) is 0 Å². The van der Waals surface area contributed by atoms with Gasteiger partial charge in [0.15, 0.2) is 11.5 Å². The number of hydrogen-bond donors (Lipinski definition) is 1. The maximum Gasteiger partial charge on any atom is 0.343 e. The summed E-state index contributed by atoms with van der Waals surface area (Å²) in [5, 5.41) is 0. The van der Waals surface area contributed by atoms with Crippen LogP contribution in [0.4, 0.5) is 0 Å². The number of esters is 1. The third-order valence-corrected chi connectivity index (χ3v) is 2.80. The average Bonchev–Trinajstić information content (AvgIpc) is 2.51. The highest BCUT2D eigenvalue weighted by Crippen LogP contribution is 2.35. The lowest BCUT2D eigenvalue weighted by atomic mass is 10.1. The first-order valence-electron chi connectivity index (χ1n) is 6.47. The minimum absolute atomic E-state index is 0.131. The molecular weight excluding hydrogens is 290 g/mol. The van der Waals surface area contributed by atoms with Crippen LogP contribution in [0.2, 0.25) is 0 Å². The van der Waals surface area contributed by atoms with Crippen LogP contribution in [-0.2, 0) is 14.3 Å². The van der Waals surface area contributed by atoms with Gasteiger partial charge in [0.25, 0.3) is 5.91 Å². The van der Waals surface area contributed by atoms with Gasteiger partial charge in [-0.15, -0.1) is 0 Å². The Morgan fingerprint density at radius 3 is 2.05 bits per heavy atom. The normalized spacial score (nSPS) is 10.8. The zero-order valence-corrected chi connectivity index (χ0v) is 13.0. The molecule has 7 heteroatoms. The fourth-order valence-corrected chi connectivity index (χ4v) is 1.76. The van der Waals surface area contributed by atoms with E-state index in [0.29, 0.717) is 22.8 Å². The van der Waals surface area contributed by atoms with Crippen molar-refractivity contribution in [3.63, 3.8) is 0 Å². The van der Waals surface area contributed by atoms with E-state index in [1.807, 2.05) is 0 Å². The second-order valence-corrected chi connectivity index (χ2v) is 4.09. The number of carbonyl (C=O) groups is 2. The number of benzene rings is 1. The highest BCUT2D eigenvalue weighted by Gasteiger charge is 2.19. The van der Waals surface area contributed by atoms with Crippen LogP contribution in [0.25, 0.3) is 6.08 Å². The van der Waals surface area contributed by atoms with E-state index in [1.165, 1.54) is 27.4 Å². The molecule has 120 valence electrons. The lowest BCUT2D eigenvalue weighted by Gasteiger charge is -2.12. The number of carbonyl (C=O) groups excluding carboxylic acids is 2. The molecule has 1 aromatic carbocycles. The number of primary amides is 1. The van der Waals surface area contributed by atoms with Gasteiger partial charge in [-0.3, -0.25) is 4.79 Å². The minimum Gasteiger partial charge on any atom is -0.496 e. The van der Waals surface area contributed by atoms with Gasteiger partial charge in [-0.05, 0) is 19.1 Å². The minimum atomic E-state index is -0.893. The quantitative estimate of drug-likeness (QED) is 0.351. The molecule has 2 N–H and O–H groups in total. The summed E-state index contributed by atoms with van der Waals surface area (Å²) in [6.45, 7) is 1.76. The molecule has 0 aliphatic heterocycles. The predicted molar refractivity (Wildman–Crippen MR) is 79.9 cm³/mol. The first-order valence-corrected chi connectivity index (χ1v) is 6.47. The standard InChI is InChI=1S/C15H19NO6/c1-5-22-15(18)10(14(16)17)6-9-7-12(20-3)13(21-4)8-11(9)19-2/h6-8H,5H2,1-4H3,(H2,16,17). The first kappa shape index (κ1) is 17.4. The Labute approximate surface area is 128 Å². The van der Waals surface area contributed by atoms with Gasteiger partial charge in [-0.1, -0.05) is 0 Å². The molecule has 22 heavy (non-hydrogen) atoms. The Hall–Kier alpha value is -2.70. The largest absolute Gasteiger partial charge is 0.496 e. The van der Waals surface area contributed by atoms with Crippen LogP contribution in [0.5, 0.6) is 17.2 Å². The third-order valence-electron chi connectivity index (χ3n) is 2.80. The van der Waals surface area contributed by atoms with Gasteiger partial charge in [0.05, 0.1) is 27.9 Å². The summed E-state index contributed by atoms with van der Waals surface area (Å²) in [4.78, 5) is 23.2. The van der Waals surface area contributed by atoms with Gasteiger partial charge < -0.3 is 24.7 Å². The van der Waals surface area contributed by atoms with Crippen molar-refractivity contribution in [2.75, 3.05) is 27.9 Å². The number of methoxy groups -OCH3 is 3. The van der Waals surface area contributed by atoms with Gasteiger partial charge in [0.1, 0.15) is 11.3 Å². The van der Waals surface area contributed by atoms with Crippen LogP contribution in [0.1, 0.15) is 12.5 Å². The first-order chi connectivity index (χ1) is 10.5. The molecule has 0 heterocycles. The van der Waals surface area contributed by atoms with Crippen molar-refractivity contribution in [2.45, 2.75) is 6.92 Å². The molecule has 1 aromatic rings. The molecule has 1 amide bonds. The van der Waals surface area contributed by atoms with E-state index >= 15 is 0 Å².